The fourth-order valence-electron chi connectivity index (χ4n) is 3.00. The molecular weight excluding hydrogens is 304 g/mol. The number of carbonyl (C=O) groups is 2. The van der Waals surface area contributed by atoms with E-state index in [1.807, 2.05) is 30.3 Å². The maximum atomic E-state index is 12.9. The number of carbonyl (C=O) groups excluding carboxylic acids is 2. The van der Waals surface area contributed by atoms with Crippen LogP contribution in [0.3, 0.4) is 0 Å². The van der Waals surface area contributed by atoms with Gasteiger partial charge in [-0.05, 0) is 30.5 Å². The molecule has 0 radical (unpaired) electrons. The molecule has 1 saturated carbocycles. The zero-order valence-electron chi connectivity index (χ0n) is 13.3. The Morgan fingerprint density at radius 3 is 2.46 bits per heavy atom. The van der Waals surface area contributed by atoms with Crippen LogP contribution >= 0.6 is 0 Å². The van der Waals surface area contributed by atoms with Gasteiger partial charge in [-0.15, -0.1) is 0 Å². The summed E-state index contributed by atoms with van der Waals surface area (Å²) in [7, 11) is 0. The molecule has 0 heterocycles. The number of hydrogen-bond donors (Lipinski definition) is 2. The maximum Gasteiger partial charge on any atom is 0.255 e. The lowest BCUT2D eigenvalue weighted by atomic mass is 9.64. The van der Waals surface area contributed by atoms with E-state index in [0.29, 0.717) is 11.4 Å². The summed E-state index contributed by atoms with van der Waals surface area (Å²) in [5.74, 6) is -0.0529. The van der Waals surface area contributed by atoms with E-state index in [-0.39, 0.29) is 12.5 Å². The first-order valence-electron chi connectivity index (χ1n) is 7.98. The fourth-order valence-corrected chi connectivity index (χ4v) is 3.00. The molecule has 24 heavy (non-hydrogen) atoms. The van der Waals surface area contributed by atoms with Crippen LogP contribution in [0.5, 0.6) is 5.75 Å². The van der Waals surface area contributed by atoms with Gasteiger partial charge >= 0.3 is 0 Å². The van der Waals surface area contributed by atoms with Gasteiger partial charge < -0.3 is 15.8 Å². The number of amides is 2. The van der Waals surface area contributed by atoms with Crippen molar-refractivity contribution in [2.75, 3.05) is 11.9 Å². The molecule has 2 aromatic carbocycles. The molecule has 0 aliphatic heterocycles. The number of ether oxygens (including phenoxy) is 1. The normalized spacial score (nSPS) is 15.2. The Labute approximate surface area is 140 Å². The van der Waals surface area contributed by atoms with E-state index in [9.17, 15) is 9.59 Å². The summed E-state index contributed by atoms with van der Waals surface area (Å²) >= 11 is 0. The van der Waals surface area contributed by atoms with Crippen molar-refractivity contribution >= 4 is 17.5 Å². The van der Waals surface area contributed by atoms with Crippen molar-refractivity contribution in [3.05, 3.63) is 60.2 Å². The second-order valence-corrected chi connectivity index (χ2v) is 6.04. The summed E-state index contributed by atoms with van der Waals surface area (Å²) in [6, 6.07) is 16.9. The molecular formula is C19H20N2O3. The Kier molecular flexibility index (Phi) is 4.51. The summed E-state index contributed by atoms with van der Waals surface area (Å²) in [5, 5.41) is 2.98. The largest absolute Gasteiger partial charge is 0.484 e. The average Bonchev–Trinajstić information content (AvgIpc) is 2.53. The van der Waals surface area contributed by atoms with Crippen molar-refractivity contribution in [1.82, 2.24) is 0 Å². The number of primary amides is 1. The van der Waals surface area contributed by atoms with Crippen molar-refractivity contribution in [1.29, 1.82) is 0 Å². The Hall–Kier alpha value is -2.82. The Bertz CT molecular complexity index is 739. The van der Waals surface area contributed by atoms with Gasteiger partial charge in [-0.1, -0.05) is 42.8 Å². The standard InChI is InChI=1S/C19H20N2O3/c20-17(22)13-24-16-9-4-8-15(12-16)21-18(23)19(10-5-11-19)14-6-2-1-3-7-14/h1-4,6-9,12H,5,10-11,13H2,(H2,20,22)(H,21,23). The summed E-state index contributed by atoms with van der Waals surface area (Å²) in [6.07, 6.45) is 2.74. The van der Waals surface area contributed by atoms with E-state index in [2.05, 4.69) is 5.32 Å². The van der Waals surface area contributed by atoms with Crippen molar-refractivity contribution in [2.45, 2.75) is 24.7 Å². The van der Waals surface area contributed by atoms with Gasteiger partial charge in [0.25, 0.3) is 5.91 Å². The highest BCUT2D eigenvalue weighted by Crippen LogP contribution is 2.44. The Morgan fingerprint density at radius 1 is 1.08 bits per heavy atom. The van der Waals surface area contributed by atoms with Gasteiger partial charge in [0, 0.05) is 11.8 Å². The Balaban J connectivity index is 1.74. The monoisotopic (exact) mass is 324 g/mol. The van der Waals surface area contributed by atoms with E-state index in [1.54, 1.807) is 24.3 Å². The van der Waals surface area contributed by atoms with E-state index in [1.165, 1.54) is 0 Å². The number of rotatable bonds is 6. The van der Waals surface area contributed by atoms with Gasteiger partial charge in [0.1, 0.15) is 5.75 Å². The zero-order valence-corrected chi connectivity index (χ0v) is 13.3. The van der Waals surface area contributed by atoms with Crippen LogP contribution in [0.2, 0.25) is 0 Å². The first-order valence-corrected chi connectivity index (χ1v) is 7.98. The van der Waals surface area contributed by atoms with E-state index in [0.717, 1.165) is 24.8 Å². The van der Waals surface area contributed by atoms with Gasteiger partial charge in [-0.25, -0.2) is 0 Å². The second-order valence-electron chi connectivity index (χ2n) is 6.04. The maximum absolute atomic E-state index is 12.9. The lowest BCUT2D eigenvalue weighted by molar-refractivity contribution is -0.124. The first kappa shape index (κ1) is 16.1. The van der Waals surface area contributed by atoms with Gasteiger partial charge in [-0.3, -0.25) is 9.59 Å². The molecule has 3 rings (SSSR count). The van der Waals surface area contributed by atoms with Crippen LogP contribution in [0.25, 0.3) is 0 Å². The smallest absolute Gasteiger partial charge is 0.255 e. The van der Waals surface area contributed by atoms with Gasteiger partial charge in [0.05, 0.1) is 5.41 Å². The highest BCUT2D eigenvalue weighted by atomic mass is 16.5. The van der Waals surface area contributed by atoms with Crippen LogP contribution in [0.1, 0.15) is 24.8 Å². The van der Waals surface area contributed by atoms with E-state index < -0.39 is 11.3 Å². The fraction of sp³-hybridized carbons (Fsp3) is 0.263. The number of benzene rings is 2. The van der Waals surface area contributed by atoms with Crippen LogP contribution in [-0.2, 0) is 15.0 Å². The van der Waals surface area contributed by atoms with Crippen LogP contribution in [0.15, 0.2) is 54.6 Å². The second kappa shape index (κ2) is 6.74. The summed E-state index contributed by atoms with van der Waals surface area (Å²) in [5.41, 5.74) is 6.31. The molecule has 1 aliphatic carbocycles. The molecule has 5 heteroatoms. The lowest BCUT2D eigenvalue weighted by Crippen LogP contribution is -2.45. The molecule has 124 valence electrons. The quantitative estimate of drug-likeness (QED) is 0.857. The van der Waals surface area contributed by atoms with Crippen molar-refractivity contribution < 1.29 is 14.3 Å². The average molecular weight is 324 g/mol. The predicted octanol–water partition coefficient (Wildman–Crippen LogP) is 2.61. The minimum absolute atomic E-state index is 0.00741. The van der Waals surface area contributed by atoms with Gasteiger partial charge in [0.2, 0.25) is 5.91 Å². The van der Waals surface area contributed by atoms with Gasteiger partial charge in [0.15, 0.2) is 6.61 Å². The van der Waals surface area contributed by atoms with E-state index in [4.69, 9.17) is 10.5 Å². The minimum Gasteiger partial charge on any atom is -0.484 e. The first-order chi connectivity index (χ1) is 11.6. The number of nitrogens with one attached hydrogen (secondary N) is 1. The molecule has 0 spiro atoms. The summed E-state index contributed by atoms with van der Waals surface area (Å²) in [6.45, 7) is -0.189. The molecule has 0 aromatic heterocycles. The summed E-state index contributed by atoms with van der Waals surface area (Å²) < 4.78 is 5.27. The zero-order chi connectivity index (χ0) is 17.0. The van der Waals surface area contributed by atoms with Crippen molar-refractivity contribution in [3.8, 4) is 5.75 Å². The highest BCUT2D eigenvalue weighted by Gasteiger charge is 2.45. The molecule has 0 unspecified atom stereocenters. The molecule has 2 aromatic rings. The third kappa shape index (κ3) is 3.25. The Morgan fingerprint density at radius 2 is 1.83 bits per heavy atom. The third-order valence-electron chi connectivity index (χ3n) is 4.44. The topological polar surface area (TPSA) is 81.4 Å². The highest BCUT2D eigenvalue weighted by molar-refractivity contribution is 6.00. The molecule has 5 nitrogen and oxygen atoms in total. The van der Waals surface area contributed by atoms with Crippen LogP contribution < -0.4 is 15.8 Å². The van der Waals surface area contributed by atoms with Gasteiger partial charge in [-0.2, -0.15) is 0 Å². The van der Waals surface area contributed by atoms with Crippen LogP contribution in [-0.4, -0.2) is 18.4 Å². The minimum atomic E-state index is -0.540. The molecule has 3 N–H and O–H groups in total. The molecule has 0 saturated heterocycles. The number of anilines is 1. The SMILES string of the molecule is NC(=O)COc1cccc(NC(=O)C2(c3ccccc3)CCC2)c1. The molecule has 2 amide bonds. The summed E-state index contributed by atoms with van der Waals surface area (Å²) in [4.78, 5) is 23.7. The molecule has 1 aliphatic rings. The lowest BCUT2D eigenvalue weighted by Gasteiger charge is -2.40. The number of nitrogens with two attached hydrogens (primary N) is 1. The molecule has 0 bridgehead atoms. The third-order valence-corrected chi connectivity index (χ3v) is 4.44. The molecule has 1 fully saturated rings. The van der Waals surface area contributed by atoms with Crippen LogP contribution in [0.4, 0.5) is 5.69 Å². The number of hydrogen-bond acceptors (Lipinski definition) is 3. The van der Waals surface area contributed by atoms with Crippen molar-refractivity contribution in [2.24, 2.45) is 5.73 Å². The van der Waals surface area contributed by atoms with E-state index >= 15 is 0 Å². The predicted molar refractivity (Wildman–Crippen MR) is 91.7 cm³/mol. The van der Waals surface area contributed by atoms with Crippen LogP contribution in [0, 0.1) is 0 Å². The van der Waals surface area contributed by atoms with Crippen molar-refractivity contribution in [3.63, 3.8) is 0 Å². The molecule has 0 atom stereocenters.